The number of hydrogen-bond acceptors (Lipinski definition) is 5. The van der Waals surface area contributed by atoms with E-state index in [0.717, 1.165) is 42.2 Å². The van der Waals surface area contributed by atoms with Gasteiger partial charge in [0.05, 0.1) is 4.92 Å². The highest BCUT2D eigenvalue weighted by molar-refractivity contribution is 5.99. The number of aliphatic imine (C=N–C) groups is 1. The lowest BCUT2D eigenvalue weighted by Crippen LogP contribution is -2.30. The quantitative estimate of drug-likeness (QED) is 0.680. The summed E-state index contributed by atoms with van der Waals surface area (Å²) in [4.78, 5) is 14.7. The van der Waals surface area contributed by atoms with Crippen LogP contribution in [0.15, 0.2) is 53.5 Å². The maximum Gasteiger partial charge on any atom is 0.269 e. The minimum Gasteiger partial charge on any atom is -0.489 e. The summed E-state index contributed by atoms with van der Waals surface area (Å²) in [6.45, 7) is 2.14. The molecular formula is C17H17N3O3. The number of benzene rings is 2. The van der Waals surface area contributed by atoms with Crippen LogP contribution in [0.4, 0.5) is 5.69 Å². The first-order valence-corrected chi connectivity index (χ1v) is 7.47. The lowest BCUT2D eigenvalue weighted by Gasteiger charge is -2.15. The molecule has 1 heterocycles. The van der Waals surface area contributed by atoms with Gasteiger partial charge in [-0.15, -0.1) is 0 Å². The van der Waals surface area contributed by atoms with E-state index in [-0.39, 0.29) is 5.69 Å². The van der Waals surface area contributed by atoms with Crippen LogP contribution < -0.4 is 10.1 Å². The van der Waals surface area contributed by atoms with Gasteiger partial charge >= 0.3 is 0 Å². The van der Waals surface area contributed by atoms with E-state index >= 15 is 0 Å². The van der Waals surface area contributed by atoms with E-state index in [4.69, 9.17) is 4.74 Å². The number of nitro benzene ring substituents is 1. The molecule has 0 unspecified atom stereocenters. The summed E-state index contributed by atoms with van der Waals surface area (Å²) in [5.41, 5.74) is 1.97. The van der Waals surface area contributed by atoms with Gasteiger partial charge in [-0.25, -0.2) is 0 Å². The predicted octanol–water partition coefficient (Wildman–Crippen LogP) is 2.91. The minimum atomic E-state index is -0.411. The first kappa shape index (κ1) is 15.0. The van der Waals surface area contributed by atoms with Crippen LogP contribution in [0.2, 0.25) is 0 Å². The molecule has 2 aromatic rings. The Hall–Kier alpha value is -2.89. The zero-order valence-electron chi connectivity index (χ0n) is 12.6. The van der Waals surface area contributed by atoms with Gasteiger partial charge in [0, 0.05) is 30.8 Å². The molecule has 0 saturated carbocycles. The molecule has 0 fully saturated rings. The molecule has 0 atom stereocenters. The normalized spacial score (nSPS) is 13.8. The van der Waals surface area contributed by atoms with E-state index in [1.165, 1.54) is 12.1 Å². The molecule has 0 saturated heterocycles. The second-order valence-electron chi connectivity index (χ2n) is 5.25. The highest BCUT2D eigenvalue weighted by atomic mass is 16.6. The summed E-state index contributed by atoms with van der Waals surface area (Å²) in [6, 6.07) is 14.1. The van der Waals surface area contributed by atoms with Crippen molar-refractivity contribution in [2.24, 2.45) is 4.99 Å². The molecule has 1 aliphatic heterocycles. The monoisotopic (exact) mass is 311 g/mol. The Kier molecular flexibility index (Phi) is 4.52. The summed E-state index contributed by atoms with van der Waals surface area (Å²) in [7, 11) is 0. The first-order chi connectivity index (χ1) is 11.2. The molecule has 6 nitrogen and oxygen atoms in total. The van der Waals surface area contributed by atoms with Gasteiger partial charge in [0.1, 0.15) is 18.2 Å². The Labute approximate surface area is 134 Å². The van der Waals surface area contributed by atoms with Crippen molar-refractivity contribution in [1.29, 1.82) is 0 Å². The third-order valence-electron chi connectivity index (χ3n) is 3.56. The van der Waals surface area contributed by atoms with Crippen LogP contribution in [-0.4, -0.2) is 23.8 Å². The maximum atomic E-state index is 10.6. The van der Waals surface area contributed by atoms with E-state index in [1.807, 2.05) is 24.3 Å². The average Bonchev–Trinajstić information content (AvgIpc) is 2.61. The highest BCUT2D eigenvalue weighted by Crippen LogP contribution is 2.17. The molecular weight excluding hydrogens is 294 g/mol. The Bertz CT molecular complexity index is 726. The third-order valence-corrected chi connectivity index (χ3v) is 3.56. The fourth-order valence-electron chi connectivity index (χ4n) is 2.34. The van der Waals surface area contributed by atoms with Crippen molar-refractivity contribution < 1.29 is 9.66 Å². The standard InChI is InChI=1S/C17H17N3O3/c21-20(22)15-7-5-13(6-8-15)12-23-16-4-1-3-14(11-16)17-18-9-2-10-19-17/h1,3-8,11H,2,9-10,12H2,(H,18,19). The van der Waals surface area contributed by atoms with Gasteiger partial charge in [-0.05, 0) is 36.2 Å². The van der Waals surface area contributed by atoms with E-state index < -0.39 is 4.92 Å². The Morgan fingerprint density at radius 3 is 2.74 bits per heavy atom. The van der Waals surface area contributed by atoms with E-state index in [0.29, 0.717) is 6.61 Å². The van der Waals surface area contributed by atoms with Crippen LogP contribution in [0, 0.1) is 10.1 Å². The molecule has 1 aliphatic rings. The van der Waals surface area contributed by atoms with Gasteiger partial charge in [0.2, 0.25) is 0 Å². The van der Waals surface area contributed by atoms with Gasteiger partial charge in [0.15, 0.2) is 0 Å². The number of hydrogen-bond donors (Lipinski definition) is 1. The molecule has 3 rings (SSSR count). The van der Waals surface area contributed by atoms with Crippen LogP contribution in [0.1, 0.15) is 17.5 Å². The number of amidine groups is 1. The summed E-state index contributed by atoms with van der Waals surface area (Å²) in [5, 5.41) is 13.9. The summed E-state index contributed by atoms with van der Waals surface area (Å²) >= 11 is 0. The average molecular weight is 311 g/mol. The number of rotatable bonds is 5. The van der Waals surface area contributed by atoms with Crippen LogP contribution in [-0.2, 0) is 6.61 Å². The van der Waals surface area contributed by atoms with Crippen molar-refractivity contribution in [3.05, 3.63) is 69.8 Å². The fraction of sp³-hybridized carbons (Fsp3) is 0.235. The number of ether oxygens (including phenoxy) is 1. The Morgan fingerprint density at radius 2 is 2.04 bits per heavy atom. The highest BCUT2D eigenvalue weighted by Gasteiger charge is 2.08. The Balaban J connectivity index is 1.66. The van der Waals surface area contributed by atoms with Gasteiger partial charge in [0.25, 0.3) is 5.69 Å². The largest absolute Gasteiger partial charge is 0.489 e. The zero-order valence-corrected chi connectivity index (χ0v) is 12.6. The molecule has 0 spiro atoms. The summed E-state index contributed by atoms with van der Waals surface area (Å²) in [6.07, 6.45) is 1.06. The topological polar surface area (TPSA) is 76.8 Å². The van der Waals surface area contributed by atoms with Crippen LogP contribution >= 0.6 is 0 Å². The van der Waals surface area contributed by atoms with Crippen molar-refractivity contribution in [2.75, 3.05) is 13.1 Å². The summed E-state index contributed by atoms with van der Waals surface area (Å²) < 4.78 is 5.77. The summed E-state index contributed by atoms with van der Waals surface area (Å²) in [5.74, 6) is 1.65. The number of non-ortho nitro benzene ring substituents is 1. The van der Waals surface area contributed by atoms with E-state index in [2.05, 4.69) is 10.3 Å². The molecule has 1 N–H and O–H groups in total. The van der Waals surface area contributed by atoms with Gasteiger partial charge < -0.3 is 10.1 Å². The minimum absolute atomic E-state index is 0.0807. The van der Waals surface area contributed by atoms with E-state index in [1.54, 1.807) is 12.1 Å². The van der Waals surface area contributed by atoms with Crippen molar-refractivity contribution in [2.45, 2.75) is 13.0 Å². The molecule has 0 bridgehead atoms. The van der Waals surface area contributed by atoms with Crippen molar-refractivity contribution in [1.82, 2.24) is 5.32 Å². The molecule has 0 aromatic heterocycles. The molecule has 2 aromatic carbocycles. The molecule has 0 amide bonds. The molecule has 0 aliphatic carbocycles. The maximum absolute atomic E-state index is 10.6. The second-order valence-corrected chi connectivity index (χ2v) is 5.25. The van der Waals surface area contributed by atoms with Crippen LogP contribution in [0.3, 0.4) is 0 Å². The third kappa shape index (κ3) is 3.85. The van der Waals surface area contributed by atoms with Gasteiger partial charge in [-0.1, -0.05) is 12.1 Å². The molecule has 0 radical (unpaired) electrons. The number of nitrogens with one attached hydrogen (secondary N) is 1. The lowest BCUT2D eigenvalue weighted by atomic mass is 10.1. The van der Waals surface area contributed by atoms with Crippen LogP contribution in [0.25, 0.3) is 0 Å². The van der Waals surface area contributed by atoms with Crippen molar-refractivity contribution >= 4 is 11.5 Å². The van der Waals surface area contributed by atoms with Gasteiger partial charge in [-0.2, -0.15) is 0 Å². The second kappa shape index (κ2) is 6.91. The number of nitro groups is 1. The zero-order chi connectivity index (χ0) is 16.1. The predicted molar refractivity (Wildman–Crippen MR) is 87.9 cm³/mol. The molecule has 23 heavy (non-hydrogen) atoms. The van der Waals surface area contributed by atoms with Crippen LogP contribution in [0.5, 0.6) is 5.75 Å². The molecule has 118 valence electrons. The fourth-order valence-corrected chi connectivity index (χ4v) is 2.34. The molecule has 6 heteroatoms. The SMILES string of the molecule is O=[N+]([O-])c1ccc(COc2cccc(C3=NCCCN3)c2)cc1. The smallest absolute Gasteiger partial charge is 0.269 e. The number of nitrogens with zero attached hydrogens (tertiary/aromatic N) is 2. The lowest BCUT2D eigenvalue weighted by molar-refractivity contribution is -0.384. The van der Waals surface area contributed by atoms with E-state index in [9.17, 15) is 10.1 Å². The van der Waals surface area contributed by atoms with Crippen molar-refractivity contribution in [3.8, 4) is 5.75 Å². The van der Waals surface area contributed by atoms with Gasteiger partial charge in [-0.3, -0.25) is 15.1 Å². The van der Waals surface area contributed by atoms with Crippen molar-refractivity contribution in [3.63, 3.8) is 0 Å². The Morgan fingerprint density at radius 1 is 1.22 bits per heavy atom. The first-order valence-electron chi connectivity index (χ1n) is 7.47.